The Hall–Kier alpha value is -1.04. The molecule has 1 aromatic heterocycles. The average molecular weight is 327 g/mol. The molecular weight excluding hydrogens is 313 g/mol. The van der Waals surface area contributed by atoms with Gasteiger partial charge in [0, 0.05) is 41.7 Å². The van der Waals surface area contributed by atoms with Crippen LogP contribution in [0.2, 0.25) is 0 Å². The van der Waals surface area contributed by atoms with Gasteiger partial charge in [-0.25, -0.2) is 4.98 Å². The van der Waals surface area contributed by atoms with Crippen molar-refractivity contribution in [1.29, 1.82) is 0 Å². The molecule has 0 spiro atoms. The van der Waals surface area contributed by atoms with Gasteiger partial charge < -0.3 is 9.88 Å². The van der Waals surface area contributed by atoms with Gasteiger partial charge in [-0.05, 0) is 40.8 Å². The van der Waals surface area contributed by atoms with Crippen molar-refractivity contribution in [3.63, 3.8) is 0 Å². The molecule has 3 nitrogen and oxygen atoms in total. The second kappa shape index (κ2) is 5.34. The minimum Gasteiger partial charge on any atom is -0.385 e. The topological polar surface area (TPSA) is 29.9 Å². The summed E-state index contributed by atoms with van der Waals surface area (Å²) in [6.45, 7) is 0.908. The zero-order valence-electron chi connectivity index (χ0n) is 9.15. The maximum Gasteiger partial charge on any atom is 0.110 e. The lowest BCUT2D eigenvalue weighted by Gasteiger charge is -2.06. The van der Waals surface area contributed by atoms with Crippen molar-refractivity contribution < 1.29 is 0 Å². The van der Waals surface area contributed by atoms with Gasteiger partial charge in [0.1, 0.15) is 5.82 Å². The number of benzene rings is 1. The van der Waals surface area contributed by atoms with Crippen LogP contribution in [-0.2, 0) is 13.5 Å². The molecule has 0 atom stereocenters. The van der Waals surface area contributed by atoms with Crippen LogP contribution in [0.3, 0.4) is 0 Å². The van der Waals surface area contributed by atoms with Crippen LogP contribution in [-0.4, -0.2) is 16.1 Å². The van der Waals surface area contributed by atoms with Crippen molar-refractivity contribution in [2.45, 2.75) is 6.42 Å². The molecule has 16 heavy (non-hydrogen) atoms. The van der Waals surface area contributed by atoms with Gasteiger partial charge in [0.15, 0.2) is 0 Å². The first kappa shape index (κ1) is 11.4. The van der Waals surface area contributed by atoms with Gasteiger partial charge in [-0.3, -0.25) is 0 Å². The van der Waals surface area contributed by atoms with E-state index in [1.54, 1.807) is 0 Å². The Morgan fingerprint density at radius 2 is 2.31 bits per heavy atom. The summed E-state index contributed by atoms with van der Waals surface area (Å²) in [5, 5.41) is 3.39. The molecule has 2 aromatic rings. The maximum atomic E-state index is 4.29. The molecule has 0 amide bonds. The van der Waals surface area contributed by atoms with Gasteiger partial charge in [0.25, 0.3) is 0 Å². The van der Waals surface area contributed by atoms with E-state index in [0.29, 0.717) is 0 Å². The molecule has 0 bridgehead atoms. The van der Waals surface area contributed by atoms with Crippen molar-refractivity contribution in [1.82, 2.24) is 9.55 Å². The van der Waals surface area contributed by atoms with Gasteiger partial charge >= 0.3 is 0 Å². The van der Waals surface area contributed by atoms with Crippen LogP contribution in [0.15, 0.2) is 36.7 Å². The Labute approximate surface area is 109 Å². The number of aryl methyl sites for hydroxylation is 1. The number of aromatic nitrogens is 2. The van der Waals surface area contributed by atoms with Crippen LogP contribution in [0.1, 0.15) is 5.82 Å². The molecule has 0 saturated heterocycles. The molecule has 84 valence electrons. The van der Waals surface area contributed by atoms with Crippen LogP contribution >= 0.6 is 22.6 Å². The van der Waals surface area contributed by atoms with Crippen molar-refractivity contribution in [2.24, 2.45) is 7.05 Å². The molecule has 4 heteroatoms. The quantitative estimate of drug-likeness (QED) is 0.875. The molecule has 1 N–H and O–H groups in total. The third-order valence-electron chi connectivity index (χ3n) is 2.42. The summed E-state index contributed by atoms with van der Waals surface area (Å²) in [5.41, 5.74) is 1.17. The predicted octanol–water partition coefficient (Wildman–Crippen LogP) is 2.68. The van der Waals surface area contributed by atoms with Gasteiger partial charge in [0.05, 0.1) is 0 Å². The molecule has 0 unspecified atom stereocenters. The van der Waals surface area contributed by atoms with Gasteiger partial charge in [0.2, 0.25) is 0 Å². The molecule has 0 saturated carbocycles. The molecular formula is C12H14IN3. The van der Waals surface area contributed by atoms with E-state index in [1.807, 2.05) is 19.4 Å². The first-order valence-corrected chi connectivity index (χ1v) is 6.29. The van der Waals surface area contributed by atoms with Gasteiger partial charge in [-0.15, -0.1) is 0 Å². The minimum atomic E-state index is 0.908. The number of halogens is 1. The van der Waals surface area contributed by atoms with E-state index in [-0.39, 0.29) is 0 Å². The van der Waals surface area contributed by atoms with Crippen LogP contribution < -0.4 is 5.32 Å². The number of nitrogens with one attached hydrogen (secondary N) is 1. The Kier molecular flexibility index (Phi) is 3.82. The Bertz CT molecular complexity index is 465. The van der Waals surface area contributed by atoms with E-state index < -0.39 is 0 Å². The number of hydrogen-bond acceptors (Lipinski definition) is 2. The zero-order chi connectivity index (χ0) is 11.4. The fraction of sp³-hybridized carbons (Fsp3) is 0.250. The second-order valence-electron chi connectivity index (χ2n) is 3.64. The molecule has 0 radical (unpaired) electrons. The lowest BCUT2D eigenvalue weighted by Crippen LogP contribution is -2.08. The molecule has 0 fully saturated rings. The average Bonchev–Trinajstić information content (AvgIpc) is 2.65. The summed E-state index contributed by atoms with van der Waals surface area (Å²) in [7, 11) is 2.02. The monoisotopic (exact) mass is 327 g/mol. The summed E-state index contributed by atoms with van der Waals surface area (Å²) in [5.74, 6) is 1.11. The maximum absolute atomic E-state index is 4.29. The lowest BCUT2D eigenvalue weighted by molar-refractivity contribution is 0.789. The van der Waals surface area contributed by atoms with E-state index in [1.165, 1.54) is 9.26 Å². The van der Waals surface area contributed by atoms with E-state index in [2.05, 4.69) is 61.7 Å². The number of anilines is 1. The zero-order valence-corrected chi connectivity index (χ0v) is 11.3. The fourth-order valence-corrected chi connectivity index (χ4v) is 2.10. The SMILES string of the molecule is Cn1ccnc1CCNc1cccc(I)c1. The van der Waals surface area contributed by atoms with Crippen LogP contribution in [0, 0.1) is 3.57 Å². The van der Waals surface area contributed by atoms with Crippen LogP contribution in [0.5, 0.6) is 0 Å². The highest BCUT2D eigenvalue weighted by Crippen LogP contribution is 2.12. The first-order chi connectivity index (χ1) is 7.75. The van der Waals surface area contributed by atoms with Crippen LogP contribution in [0.25, 0.3) is 0 Å². The standard InChI is InChI=1S/C12H14IN3/c1-16-8-7-15-12(16)5-6-14-11-4-2-3-10(13)9-11/h2-4,7-9,14H,5-6H2,1H3. The lowest BCUT2D eigenvalue weighted by atomic mass is 10.3. The Balaban J connectivity index is 1.87. The Morgan fingerprint density at radius 3 is 3.00 bits per heavy atom. The van der Waals surface area contributed by atoms with Crippen LogP contribution in [0.4, 0.5) is 5.69 Å². The number of hydrogen-bond donors (Lipinski definition) is 1. The molecule has 2 rings (SSSR count). The van der Waals surface area contributed by atoms with Crippen molar-refractivity contribution in [2.75, 3.05) is 11.9 Å². The van der Waals surface area contributed by atoms with Gasteiger partial charge in [-0.1, -0.05) is 6.07 Å². The Morgan fingerprint density at radius 1 is 1.44 bits per heavy atom. The minimum absolute atomic E-state index is 0.908. The van der Waals surface area contributed by atoms with E-state index >= 15 is 0 Å². The third-order valence-corrected chi connectivity index (χ3v) is 3.09. The second-order valence-corrected chi connectivity index (χ2v) is 4.89. The van der Waals surface area contributed by atoms with Crippen molar-refractivity contribution >= 4 is 28.3 Å². The summed E-state index contributed by atoms with van der Waals surface area (Å²) in [4.78, 5) is 4.29. The molecule has 1 aromatic carbocycles. The highest BCUT2D eigenvalue weighted by Gasteiger charge is 1.98. The molecule has 1 heterocycles. The van der Waals surface area contributed by atoms with E-state index in [9.17, 15) is 0 Å². The molecule has 0 aliphatic heterocycles. The summed E-state index contributed by atoms with van der Waals surface area (Å²) < 4.78 is 3.30. The van der Waals surface area contributed by atoms with E-state index in [4.69, 9.17) is 0 Å². The highest BCUT2D eigenvalue weighted by molar-refractivity contribution is 14.1. The van der Waals surface area contributed by atoms with Crippen molar-refractivity contribution in [3.05, 3.63) is 46.1 Å². The summed E-state index contributed by atoms with van der Waals surface area (Å²) in [6.07, 6.45) is 4.75. The smallest absolute Gasteiger partial charge is 0.110 e. The van der Waals surface area contributed by atoms with Crippen molar-refractivity contribution in [3.8, 4) is 0 Å². The number of rotatable bonds is 4. The number of nitrogens with zero attached hydrogens (tertiary/aromatic N) is 2. The largest absolute Gasteiger partial charge is 0.385 e. The predicted molar refractivity (Wildman–Crippen MR) is 74.6 cm³/mol. The fourth-order valence-electron chi connectivity index (χ4n) is 1.55. The molecule has 0 aliphatic rings. The normalized spacial score (nSPS) is 10.4. The third kappa shape index (κ3) is 2.98. The molecule has 0 aliphatic carbocycles. The van der Waals surface area contributed by atoms with Gasteiger partial charge in [-0.2, -0.15) is 0 Å². The van der Waals surface area contributed by atoms with E-state index in [0.717, 1.165) is 18.8 Å². The summed E-state index contributed by atoms with van der Waals surface area (Å²) in [6, 6.07) is 8.37. The number of imidazole rings is 1. The first-order valence-electron chi connectivity index (χ1n) is 5.21. The highest BCUT2D eigenvalue weighted by atomic mass is 127. The summed E-state index contributed by atoms with van der Waals surface area (Å²) >= 11 is 2.32.